The lowest BCUT2D eigenvalue weighted by atomic mass is 10.3. The quantitative estimate of drug-likeness (QED) is 0.744. The minimum atomic E-state index is 0.756. The van der Waals surface area contributed by atoms with Crippen LogP contribution in [-0.4, -0.2) is 28.3 Å². The van der Waals surface area contributed by atoms with Crippen LogP contribution in [0.15, 0.2) is 28.7 Å². The van der Waals surface area contributed by atoms with Gasteiger partial charge in [0.2, 0.25) is 5.13 Å². The van der Waals surface area contributed by atoms with Crippen molar-refractivity contribution in [1.29, 1.82) is 0 Å². The molecule has 1 saturated carbocycles. The summed E-state index contributed by atoms with van der Waals surface area (Å²) in [5, 5.41) is 8.70. The Morgan fingerprint density at radius 2 is 2.33 bits per heavy atom. The predicted octanol–water partition coefficient (Wildman–Crippen LogP) is 4.48. The van der Waals surface area contributed by atoms with E-state index in [1.54, 1.807) is 0 Å². The number of hydrogen-bond acceptors (Lipinski definition) is 5. The van der Waals surface area contributed by atoms with Crippen molar-refractivity contribution in [2.45, 2.75) is 19.5 Å². The van der Waals surface area contributed by atoms with Gasteiger partial charge >= 0.3 is 0 Å². The molecule has 1 fully saturated rings. The number of anilines is 2. The van der Waals surface area contributed by atoms with Crippen molar-refractivity contribution in [2.75, 3.05) is 18.9 Å². The molecule has 2 aromatic rings. The molecule has 0 aliphatic heterocycles. The third-order valence-corrected chi connectivity index (χ3v) is 5.04. The molecule has 0 radical (unpaired) electrons. The average molecular weight is 385 g/mol. The van der Waals surface area contributed by atoms with Gasteiger partial charge in [0.1, 0.15) is 0 Å². The molecule has 1 N–H and O–H groups in total. The van der Waals surface area contributed by atoms with E-state index in [9.17, 15) is 0 Å². The fourth-order valence-corrected chi connectivity index (χ4v) is 3.58. The molecule has 0 unspecified atom stereocenters. The van der Waals surface area contributed by atoms with Crippen molar-refractivity contribution in [2.24, 2.45) is 5.92 Å². The highest BCUT2D eigenvalue weighted by molar-refractivity contribution is 9.10. The SMILES string of the molecule is CN(CC1CC1)Cn1nc(Nc2cccc(Br)c2)sc1=S. The monoisotopic (exact) mass is 384 g/mol. The second-order valence-corrected chi connectivity index (χ2v) is 7.97. The summed E-state index contributed by atoms with van der Waals surface area (Å²) in [7, 11) is 2.13. The first-order chi connectivity index (χ1) is 10.1. The number of benzene rings is 1. The van der Waals surface area contributed by atoms with Crippen LogP contribution in [-0.2, 0) is 6.67 Å². The molecule has 0 amide bonds. The summed E-state index contributed by atoms with van der Waals surface area (Å²) in [6.07, 6.45) is 2.73. The maximum absolute atomic E-state index is 5.41. The van der Waals surface area contributed by atoms with Crippen molar-refractivity contribution < 1.29 is 0 Å². The zero-order chi connectivity index (χ0) is 14.8. The molecular formula is C14H17BrN4S2. The zero-order valence-corrected chi connectivity index (χ0v) is 15.0. The van der Waals surface area contributed by atoms with Crippen molar-refractivity contribution in [3.63, 3.8) is 0 Å². The fourth-order valence-electron chi connectivity index (χ4n) is 2.16. The van der Waals surface area contributed by atoms with E-state index in [1.165, 1.54) is 24.2 Å². The van der Waals surface area contributed by atoms with Gasteiger partial charge in [-0.15, -0.1) is 5.10 Å². The van der Waals surface area contributed by atoms with E-state index in [4.69, 9.17) is 12.2 Å². The number of halogens is 1. The van der Waals surface area contributed by atoms with Crippen LogP contribution in [0, 0.1) is 9.87 Å². The molecule has 3 rings (SSSR count). The Bertz CT molecular complexity index is 678. The summed E-state index contributed by atoms with van der Waals surface area (Å²) >= 11 is 10.4. The Morgan fingerprint density at radius 1 is 1.52 bits per heavy atom. The van der Waals surface area contributed by atoms with Crippen molar-refractivity contribution in [3.05, 3.63) is 32.7 Å². The van der Waals surface area contributed by atoms with Crippen LogP contribution in [0.25, 0.3) is 0 Å². The van der Waals surface area contributed by atoms with Gasteiger partial charge in [0, 0.05) is 16.7 Å². The number of nitrogens with zero attached hydrogens (tertiary/aromatic N) is 3. The molecule has 0 spiro atoms. The Balaban J connectivity index is 1.67. The highest BCUT2D eigenvalue weighted by Gasteiger charge is 2.23. The van der Waals surface area contributed by atoms with E-state index in [0.717, 1.165) is 38.4 Å². The molecular weight excluding hydrogens is 368 g/mol. The molecule has 1 aromatic carbocycles. The molecule has 1 aliphatic rings. The van der Waals surface area contributed by atoms with Crippen LogP contribution in [0.1, 0.15) is 12.8 Å². The lowest BCUT2D eigenvalue weighted by Crippen LogP contribution is -2.24. The van der Waals surface area contributed by atoms with Gasteiger partial charge in [-0.3, -0.25) is 4.90 Å². The van der Waals surface area contributed by atoms with E-state index in [2.05, 4.69) is 38.3 Å². The van der Waals surface area contributed by atoms with Crippen molar-refractivity contribution in [1.82, 2.24) is 14.7 Å². The van der Waals surface area contributed by atoms with Gasteiger partial charge < -0.3 is 5.32 Å². The topological polar surface area (TPSA) is 33.1 Å². The third kappa shape index (κ3) is 4.35. The Kier molecular flexibility index (Phi) is 4.73. The lowest BCUT2D eigenvalue weighted by molar-refractivity contribution is 0.244. The Morgan fingerprint density at radius 3 is 3.05 bits per heavy atom. The molecule has 4 nitrogen and oxygen atoms in total. The van der Waals surface area contributed by atoms with E-state index in [0.29, 0.717) is 0 Å². The maximum Gasteiger partial charge on any atom is 0.209 e. The van der Waals surface area contributed by atoms with Crippen LogP contribution in [0.3, 0.4) is 0 Å². The average Bonchev–Trinajstić information content (AvgIpc) is 3.15. The Hall–Kier alpha value is -0.760. The van der Waals surface area contributed by atoms with Gasteiger partial charge in [-0.05, 0) is 56.2 Å². The highest BCUT2D eigenvalue weighted by Crippen LogP contribution is 2.29. The largest absolute Gasteiger partial charge is 0.330 e. The maximum atomic E-state index is 5.41. The summed E-state index contributed by atoms with van der Waals surface area (Å²) in [4.78, 5) is 2.29. The van der Waals surface area contributed by atoms with E-state index in [1.807, 2.05) is 28.9 Å². The van der Waals surface area contributed by atoms with Gasteiger partial charge in [-0.2, -0.15) is 0 Å². The molecule has 0 saturated heterocycles. The minimum Gasteiger partial charge on any atom is -0.330 e. The highest BCUT2D eigenvalue weighted by atomic mass is 79.9. The molecule has 1 heterocycles. The van der Waals surface area contributed by atoms with Crippen LogP contribution >= 0.6 is 39.5 Å². The van der Waals surface area contributed by atoms with E-state index < -0.39 is 0 Å². The van der Waals surface area contributed by atoms with E-state index >= 15 is 0 Å². The second-order valence-electron chi connectivity index (χ2n) is 5.43. The smallest absolute Gasteiger partial charge is 0.209 e. The normalized spacial score (nSPS) is 14.6. The molecule has 7 heteroatoms. The third-order valence-electron chi connectivity index (χ3n) is 3.32. The summed E-state index contributed by atoms with van der Waals surface area (Å²) < 4.78 is 3.73. The number of hydrogen-bond donors (Lipinski definition) is 1. The fraction of sp³-hybridized carbons (Fsp3) is 0.429. The summed E-state index contributed by atoms with van der Waals surface area (Å²) in [5.41, 5.74) is 1.01. The second kappa shape index (κ2) is 6.56. The van der Waals surface area contributed by atoms with Crippen LogP contribution in [0.4, 0.5) is 10.8 Å². The number of nitrogens with one attached hydrogen (secondary N) is 1. The molecule has 112 valence electrons. The molecule has 0 bridgehead atoms. The standard InChI is InChI=1S/C14H17BrN4S2/c1-18(8-10-5-6-10)9-19-14(20)21-13(17-19)16-12-4-2-3-11(15)7-12/h2-4,7,10H,5-6,8-9H2,1H3,(H,16,17). The zero-order valence-electron chi connectivity index (χ0n) is 11.8. The van der Waals surface area contributed by atoms with Crippen LogP contribution in [0.5, 0.6) is 0 Å². The van der Waals surface area contributed by atoms with Gasteiger partial charge in [-0.25, -0.2) is 4.68 Å². The molecule has 1 aromatic heterocycles. The lowest BCUT2D eigenvalue weighted by Gasteiger charge is -2.15. The first-order valence-electron chi connectivity index (χ1n) is 6.89. The summed E-state index contributed by atoms with van der Waals surface area (Å²) in [5.74, 6) is 0.877. The first-order valence-corrected chi connectivity index (χ1v) is 8.91. The molecule has 21 heavy (non-hydrogen) atoms. The predicted molar refractivity (Wildman–Crippen MR) is 93.7 cm³/mol. The summed E-state index contributed by atoms with van der Waals surface area (Å²) in [6.45, 7) is 1.89. The number of aromatic nitrogens is 2. The summed E-state index contributed by atoms with van der Waals surface area (Å²) in [6, 6.07) is 8.03. The van der Waals surface area contributed by atoms with E-state index in [-0.39, 0.29) is 0 Å². The van der Waals surface area contributed by atoms with Crippen LogP contribution < -0.4 is 5.32 Å². The molecule has 1 aliphatic carbocycles. The number of rotatable bonds is 6. The van der Waals surface area contributed by atoms with Crippen molar-refractivity contribution in [3.8, 4) is 0 Å². The Labute approximate surface area is 141 Å². The molecule has 0 atom stereocenters. The van der Waals surface area contributed by atoms with Gasteiger partial charge in [0.25, 0.3) is 0 Å². The first kappa shape index (κ1) is 15.1. The van der Waals surface area contributed by atoms with Gasteiger partial charge in [-0.1, -0.05) is 33.3 Å². The van der Waals surface area contributed by atoms with Crippen LogP contribution in [0.2, 0.25) is 0 Å². The minimum absolute atomic E-state index is 0.756. The van der Waals surface area contributed by atoms with Gasteiger partial charge in [0.15, 0.2) is 3.95 Å². The van der Waals surface area contributed by atoms with Crippen molar-refractivity contribution >= 4 is 50.3 Å². The van der Waals surface area contributed by atoms with Gasteiger partial charge in [0.05, 0.1) is 6.67 Å².